The maximum atomic E-state index is 10.5. The van der Waals surface area contributed by atoms with Crippen LogP contribution in [0.15, 0.2) is 31.1 Å². The highest BCUT2D eigenvalue weighted by Crippen LogP contribution is 2.41. The summed E-state index contributed by atoms with van der Waals surface area (Å²) in [6.07, 6.45) is 12.1. The molecule has 2 aliphatic heterocycles. The summed E-state index contributed by atoms with van der Waals surface area (Å²) in [6, 6.07) is 0. The summed E-state index contributed by atoms with van der Waals surface area (Å²) in [6.45, 7) is 7.73. The van der Waals surface area contributed by atoms with Crippen molar-refractivity contribution in [2.45, 2.75) is 45.4 Å². The van der Waals surface area contributed by atoms with E-state index < -0.39 is 0 Å². The van der Waals surface area contributed by atoms with E-state index >= 15 is 0 Å². The van der Waals surface area contributed by atoms with E-state index in [1.165, 1.54) is 0 Å². The van der Waals surface area contributed by atoms with Gasteiger partial charge in [-0.15, -0.1) is 0 Å². The average Bonchev–Trinajstić information content (AvgIpc) is 3.12. The van der Waals surface area contributed by atoms with Gasteiger partial charge in [-0.1, -0.05) is 0 Å². The van der Waals surface area contributed by atoms with Gasteiger partial charge in [-0.2, -0.15) is 0 Å². The molecule has 0 aliphatic carbocycles. The Morgan fingerprint density at radius 3 is 2.77 bits per heavy atom. The van der Waals surface area contributed by atoms with Crippen molar-refractivity contribution in [3.8, 4) is 0 Å². The third-order valence-electron chi connectivity index (χ3n) is 5.85. The van der Waals surface area contributed by atoms with Gasteiger partial charge in [0.25, 0.3) is 0 Å². The molecule has 140 valence electrons. The van der Waals surface area contributed by atoms with Crippen molar-refractivity contribution in [2.75, 3.05) is 31.1 Å². The average molecular weight is 356 g/mol. The molecule has 7 heteroatoms. The third kappa shape index (κ3) is 3.73. The Morgan fingerprint density at radius 1 is 1.23 bits per heavy atom. The van der Waals surface area contributed by atoms with Gasteiger partial charge in [-0.05, 0) is 44.7 Å². The van der Waals surface area contributed by atoms with Crippen LogP contribution in [0, 0.1) is 5.41 Å². The summed E-state index contributed by atoms with van der Waals surface area (Å²) < 4.78 is 2.12. The van der Waals surface area contributed by atoms with Crippen molar-refractivity contribution in [2.24, 2.45) is 5.41 Å². The largest absolute Gasteiger partial charge is 0.391 e. The highest BCUT2D eigenvalue weighted by atomic mass is 16.3. The Labute approximate surface area is 154 Å². The van der Waals surface area contributed by atoms with E-state index in [1.807, 2.05) is 6.33 Å². The molecular weight excluding hydrogens is 328 g/mol. The molecule has 1 unspecified atom stereocenters. The Bertz CT molecular complexity index is 710. The van der Waals surface area contributed by atoms with Crippen LogP contribution in [0.3, 0.4) is 0 Å². The van der Waals surface area contributed by atoms with E-state index in [1.54, 1.807) is 18.6 Å². The summed E-state index contributed by atoms with van der Waals surface area (Å²) in [5.74, 6) is 0.873. The fourth-order valence-electron chi connectivity index (χ4n) is 4.42. The van der Waals surface area contributed by atoms with Crippen molar-refractivity contribution in [3.05, 3.63) is 36.8 Å². The molecule has 0 saturated carbocycles. The van der Waals surface area contributed by atoms with Crippen molar-refractivity contribution in [3.63, 3.8) is 0 Å². The van der Waals surface area contributed by atoms with E-state index in [0.717, 1.165) is 63.5 Å². The van der Waals surface area contributed by atoms with Crippen LogP contribution in [0.25, 0.3) is 0 Å². The summed E-state index contributed by atoms with van der Waals surface area (Å²) in [7, 11) is 0. The molecule has 2 saturated heterocycles. The lowest BCUT2D eigenvalue weighted by Gasteiger charge is -2.49. The lowest BCUT2D eigenvalue weighted by atomic mass is 9.71. The lowest BCUT2D eigenvalue weighted by Crippen LogP contribution is -2.54. The number of aliphatic hydroxyl groups is 1. The first-order chi connectivity index (χ1) is 12.7. The van der Waals surface area contributed by atoms with Gasteiger partial charge in [-0.25, -0.2) is 9.97 Å². The molecule has 1 atom stereocenters. The fraction of sp³-hybridized carbons (Fsp3) is 0.632. The van der Waals surface area contributed by atoms with Crippen LogP contribution in [-0.4, -0.2) is 61.8 Å². The first-order valence-electron chi connectivity index (χ1n) is 9.58. The molecule has 1 N–H and O–H groups in total. The molecule has 2 aromatic heterocycles. The number of nitrogens with zero attached hydrogens (tertiary/aromatic N) is 6. The fourth-order valence-corrected chi connectivity index (χ4v) is 4.42. The smallest absolute Gasteiger partial charge is 0.147 e. The van der Waals surface area contributed by atoms with Crippen molar-refractivity contribution in [1.82, 2.24) is 24.4 Å². The molecule has 1 spiro atoms. The second-order valence-corrected chi connectivity index (χ2v) is 7.77. The number of imidazole rings is 1. The van der Waals surface area contributed by atoms with Crippen LogP contribution in [-0.2, 0) is 13.1 Å². The molecule has 2 fully saturated rings. The number of hydrogen-bond donors (Lipinski definition) is 1. The van der Waals surface area contributed by atoms with E-state index in [9.17, 15) is 5.11 Å². The molecule has 0 bridgehead atoms. The van der Waals surface area contributed by atoms with E-state index in [-0.39, 0.29) is 11.5 Å². The zero-order valence-electron chi connectivity index (χ0n) is 15.5. The van der Waals surface area contributed by atoms with Gasteiger partial charge in [0, 0.05) is 44.8 Å². The first-order valence-corrected chi connectivity index (χ1v) is 9.58. The summed E-state index contributed by atoms with van der Waals surface area (Å²) in [4.78, 5) is 17.8. The molecule has 26 heavy (non-hydrogen) atoms. The maximum Gasteiger partial charge on any atom is 0.147 e. The Kier molecular flexibility index (Phi) is 4.91. The van der Waals surface area contributed by atoms with Crippen molar-refractivity contribution in [1.29, 1.82) is 0 Å². The SMILES string of the molecule is CCn1cnc(CN2CCC3(CC2)CC(O)CN(c2cnccn2)C3)c1. The normalized spacial score (nSPS) is 23.5. The number of likely N-dealkylation sites (tertiary alicyclic amines) is 1. The van der Waals surface area contributed by atoms with Crippen LogP contribution >= 0.6 is 0 Å². The third-order valence-corrected chi connectivity index (χ3v) is 5.85. The van der Waals surface area contributed by atoms with Crippen molar-refractivity contribution >= 4 is 5.82 Å². The number of anilines is 1. The molecule has 4 rings (SSSR count). The standard InChI is InChI=1S/C19H28N6O/c1-2-23-11-16(22-15-23)12-24-7-3-19(4-8-24)9-17(26)13-25(14-19)18-10-20-5-6-21-18/h5-6,10-11,15,17,26H,2-4,7-9,12-14H2,1H3. The number of rotatable bonds is 4. The molecule has 2 aromatic rings. The summed E-state index contributed by atoms with van der Waals surface area (Å²) in [5.41, 5.74) is 1.32. The van der Waals surface area contributed by atoms with Gasteiger partial charge in [0.1, 0.15) is 5.82 Å². The van der Waals surface area contributed by atoms with Crippen molar-refractivity contribution < 1.29 is 5.11 Å². The Morgan fingerprint density at radius 2 is 2.08 bits per heavy atom. The molecule has 0 amide bonds. The second-order valence-electron chi connectivity index (χ2n) is 7.77. The van der Waals surface area contributed by atoms with Crippen LogP contribution in [0.1, 0.15) is 31.9 Å². The number of aliphatic hydroxyl groups excluding tert-OH is 1. The first kappa shape index (κ1) is 17.4. The number of hydrogen-bond acceptors (Lipinski definition) is 6. The zero-order valence-corrected chi connectivity index (χ0v) is 15.5. The van der Waals surface area contributed by atoms with E-state index in [2.05, 4.69) is 42.4 Å². The van der Waals surface area contributed by atoms with Gasteiger partial charge < -0.3 is 14.6 Å². The number of piperidine rings is 2. The lowest BCUT2D eigenvalue weighted by molar-refractivity contribution is 0.0241. The highest BCUT2D eigenvalue weighted by molar-refractivity contribution is 5.37. The predicted molar refractivity (Wildman–Crippen MR) is 99.7 cm³/mol. The quantitative estimate of drug-likeness (QED) is 0.896. The Balaban J connectivity index is 1.39. The van der Waals surface area contributed by atoms with Crippen LogP contribution in [0.5, 0.6) is 0 Å². The zero-order chi connectivity index (χ0) is 18.0. The van der Waals surface area contributed by atoms with Gasteiger partial charge in [0.15, 0.2) is 0 Å². The monoisotopic (exact) mass is 356 g/mol. The van der Waals surface area contributed by atoms with Crippen LogP contribution in [0.2, 0.25) is 0 Å². The molecular formula is C19H28N6O. The Hall–Kier alpha value is -1.99. The van der Waals surface area contributed by atoms with Gasteiger partial charge in [0.05, 0.1) is 24.3 Å². The number of β-amino-alcohol motifs (C(OH)–C–C–N with tert-alkyl or cyclic N) is 1. The number of aryl methyl sites for hydroxylation is 1. The minimum absolute atomic E-state index is 0.175. The summed E-state index contributed by atoms with van der Waals surface area (Å²) in [5, 5.41) is 10.5. The van der Waals surface area contributed by atoms with Crippen LogP contribution in [0.4, 0.5) is 5.82 Å². The van der Waals surface area contributed by atoms with Gasteiger partial charge >= 0.3 is 0 Å². The minimum Gasteiger partial charge on any atom is -0.391 e. The molecule has 0 radical (unpaired) electrons. The molecule has 2 aliphatic rings. The minimum atomic E-state index is -0.294. The highest BCUT2D eigenvalue weighted by Gasteiger charge is 2.42. The predicted octanol–water partition coefficient (Wildman–Crippen LogP) is 1.55. The number of aromatic nitrogens is 4. The van der Waals surface area contributed by atoms with E-state index in [4.69, 9.17) is 0 Å². The van der Waals surface area contributed by atoms with Crippen LogP contribution < -0.4 is 4.90 Å². The van der Waals surface area contributed by atoms with E-state index in [0.29, 0.717) is 6.54 Å². The molecule has 4 heterocycles. The summed E-state index contributed by atoms with van der Waals surface area (Å²) >= 11 is 0. The second kappa shape index (κ2) is 7.32. The molecule has 7 nitrogen and oxygen atoms in total. The topological polar surface area (TPSA) is 70.3 Å². The molecule has 0 aromatic carbocycles. The van der Waals surface area contributed by atoms with Gasteiger partial charge in [-0.3, -0.25) is 9.88 Å². The van der Waals surface area contributed by atoms with Gasteiger partial charge in [0.2, 0.25) is 0 Å². The maximum absolute atomic E-state index is 10.5.